The highest BCUT2D eigenvalue weighted by atomic mass is 16.5. The lowest BCUT2D eigenvalue weighted by molar-refractivity contribution is -0.148. The molecule has 0 radical (unpaired) electrons. The third-order valence-electron chi connectivity index (χ3n) is 3.04. The first-order chi connectivity index (χ1) is 8.20. The fourth-order valence-electron chi connectivity index (χ4n) is 1.96. The molecule has 1 heterocycles. The van der Waals surface area contributed by atoms with Crippen LogP contribution in [0.2, 0.25) is 0 Å². The predicted octanol–water partition coefficient (Wildman–Crippen LogP) is 0.681. The van der Waals surface area contributed by atoms with Gasteiger partial charge in [-0.3, -0.25) is 4.79 Å². The van der Waals surface area contributed by atoms with Crippen molar-refractivity contribution in [2.45, 2.75) is 19.5 Å². The van der Waals surface area contributed by atoms with Crippen molar-refractivity contribution in [3.63, 3.8) is 0 Å². The van der Waals surface area contributed by atoms with E-state index in [4.69, 9.17) is 10.5 Å². The van der Waals surface area contributed by atoms with E-state index in [2.05, 4.69) is 12.1 Å². The Morgan fingerprint density at radius 3 is 2.76 bits per heavy atom. The smallest absolute Gasteiger partial charge is 0.249 e. The van der Waals surface area contributed by atoms with Gasteiger partial charge in [-0.2, -0.15) is 0 Å². The van der Waals surface area contributed by atoms with Gasteiger partial charge in [0.25, 0.3) is 0 Å². The summed E-state index contributed by atoms with van der Waals surface area (Å²) in [5.41, 5.74) is 8.01. The number of ether oxygens (including phenoxy) is 1. The Labute approximate surface area is 101 Å². The standard InChI is InChI=1S/C13H18N2O2/c1-10-2-4-11(5-3-10)7-15-12(6-14)8-17-9-13(15)16/h2-5,12H,6-9,14H2,1H3. The summed E-state index contributed by atoms with van der Waals surface area (Å²) >= 11 is 0. The van der Waals surface area contributed by atoms with Crippen LogP contribution in [0.4, 0.5) is 0 Å². The molecule has 1 amide bonds. The van der Waals surface area contributed by atoms with Gasteiger partial charge in [0.05, 0.1) is 12.6 Å². The van der Waals surface area contributed by atoms with Gasteiger partial charge in [0, 0.05) is 13.1 Å². The molecule has 92 valence electrons. The number of hydrogen-bond donors (Lipinski definition) is 1. The van der Waals surface area contributed by atoms with E-state index in [1.54, 1.807) is 0 Å². The molecule has 1 unspecified atom stereocenters. The van der Waals surface area contributed by atoms with Crippen molar-refractivity contribution in [3.8, 4) is 0 Å². The van der Waals surface area contributed by atoms with Crippen LogP contribution in [0.5, 0.6) is 0 Å². The van der Waals surface area contributed by atoms with Crippen LogP contribution in [-0.4, -0.2) is 36.6 Å². The highest BCUT2D eigenvalue weighted by Gasteiger charge is 2.27. The molecular formula is C13H18N2O2. The average Bonchev–Trinajstić information content (AvgIpc) is 2.34. The van der Waals surface area contributed by atoms with E-state index in [-0.39, 0.29) is 18.6 Å². The molecule has 1 aliphatic rings. The van der Waals surface area contributed by atoms with Gasteiger partial charge in [-0.05, 0) is 12.5 Å². The zero-order chi connectivity index (χ0) is 12.3. The van der Waals surface area contributed by atoms with Gasteiger partial charge in [-0.1, -0.05) is 29.8 Å². The first kappa shape index (κ1) is 12.1. The van der Waals surface area contributed by atoms with Crippen molar-refractivity contribution in [3.05, 3.63) is 35.4 Å². The Kier molecular flexibility index (Phi) is 3.76. The summed E-state index contributed by atoms with van der Waals surface area (Å²) in [6.45, 7) is 3.81. The number of benzene rings is 1. The molecule has 0 bridgehead atoms. The number of aryl methyl sites for hydroxylation is 1. The number of carbonyl (C=O) groups excluding carboxylic acids is 1. The lowest BCUT2D eigenvalue weighted by Crippen LogP contribution is -2.52. The molecule has 0 aromatic heterocycles. The summed E-state index contributed by atoms with van der Waals surface area (Å²) in [6.07, 6.45) is 0. The maximum absolute atomic E-state index is 11.8. The van der Waals surface area contributed by atoms with Crippen molar-refractivity contribution in [2.24, 2.45) is 5.73 Å². The summed E-state index contributed by atoms with van der Waals surface area (Å²) < 4.78 is 5.20. The lowest BCUT2D eigenvalue weighted by atomic mass is 10.1. The number of hydrogen-bond acceptors (Lipinski definition) is 3. The molecule has 4 nitrogen and oxygen atoms in total. The molecule has 1 aromatic rings. The molecule has 1 aromatic carbocycles. The first-order valence-electron chi connectivity index (χ1n) is 5.83. The predicted molar refractivity (Wildman–Crippen MR) is 65.4 cm³/mol. The van der Waals surface area contributed by atoms with Gasteiger partial charge in [0.2, 0.25) is 5.91 Å². The van der Waals surface area contributed by atoms with Crippen molar-refractivity contribution in [2.75, 3.05) is 19.8 Å². The van der Waals surface area contributed by atoms with E-state index in [1.165, 1.54) is 5.56 Å². The van der Waals surface area contributed by atoms with Gasteiger partial charge in [-0.15, -0.1) is 0 Å². The van der Waals surface area contributed by atoms with E-state index >= 15 is 0 Å². The SMILES string of the molecule is Cc1ccc(CN2C(=O)COCC2CN)cc1. The average molecular weight is 234 g/mol. The Balaban J connectivity index is 2.09. The van der Waals surface area contributed by atoms with E-state index in [9.17, 15) is 4.79 Å². The molecule has 4 heteroatoms. The van der Waals surface area contributed by atoms with Crippen molar-refractivity contribution < 1.29 is 9.53 Å². The number of carbonyl (C=O) groups is 1. The number of amides is 1. The van der Waals surface area contributed by atoms with E-state index in [0.29, 0.717) is 19.7 Å². The minimum absolute atomic E-state index is 0.00227. The fourth-order valence-corrected chi connectivity index (χ4v) is 1.96. The highest BCUT2D eigenvalue weighted by Crippen LogP contribution is 2.13. The van der Waals surface area contributed by atoms with Gasteiger partial charge >= 0.3 is 0 Å². The summed E-state index contributed by atoms with van der Waals surface area (Å²) in [7, 11) is 0. The second kappa shape index (κ2) is 5.29. The largest absolute Gasteiger partial charge is 0.369 e. The number of rotatable bonds is 3. The topological polar surface area (TPSA) is 55.6 Å². The van der Waals surface area contributed by atoms with Crippen LogP contribution < -0.4 is 5.73 Å². The Bertz CT molecular complexity index is 389. The van der Waals surface area contributed by atoms with Gasteiger partial charge in [0.1, 0.15) is 6.61 Å². The molecule has 1 aliphatic heterocycles. The molecule has 0 saturated carbocycles. The third-order valence-corrected chi connectivity index (χ3v) is 3.04. The lowest BCUT2D eigenvalue weighted by Gasteiger charge is -2.34. The second-order valence-corrected chi connectivity index (χ2v) is 4.41. The second-order valence-electron chi connectivity index (χ2n) is 4.41. The third kappa shape index (κ3) is 2.84. The van der Waals surface area contributed by atoms with Crippen molar-refractivity contribution >= 4 is 5.91 Å². The fraction of sp³-hybridized carbons (Fsp3) is 0.462. The molecule has 1 saturated heterocycles. The molecule has 1 atom stereocenters. The molecular weight excluding hydrogens is 216 g/mol. The summed E-state index contributed by atoms with van der Waals surface area (Å²) in [5, 5.41) is 0. The maximum Gasteiger partial charge on any atom is 0.249 e. The molecule has 2 rings (SSSR count). The Morgan fingerprint density at radius 2 is 2.12 bits per heavy atom. The number of nitrogens with two attached hydrogens (primary N) is 1. The normalized spacial score (nSPS) is 20.7. The molecule has 1 fully saturated rings. The van der Waals surface area contributed by atoms with Gasteiger partial charge in [-0.25, -0.2) is 0 Å². The van der Waals surface area contributed by atoms with Gasteiger partial charge in [0.15, 0.2) is 0 Å². The maximum atomic E-state index is 11.8. The minimum atomic E-state index is -0.00227. The van der Waals surface area contributed by atoms with Crippen molar-refractivity contribution in [1.29, 1.82) is 0 Å². The van der Waals surface area contributed by atoms with Crippen LogP contribution >= 0.6 is 0 Å². The number of morpholine rings is 1. The number of nitrogens with zero attached hydrogens (tertiary/aromatic N) is 1. The zero-order valence-corrected chi connectivity index (χ0v) is 10.1. The van der Waals surface area contributed by atoms with Crippen LogP contribution in [-0.2, 0) is 16.1 Å². The van der Waals surface area contributed by atoms with Crippen LogP contribution in [0.15, 0.2) is 24.3 Å². The van der Waals surface area contributed by atoms with Crippen LogP contribution in [0.25, 0.3) is 0 Å². The van der Waals surface area contributed by atoms with Crippen LogP contribution in [0.3, 0.4) is 0 Å². The summed E-state index contributed by atoms with van der Waals surface area (Å²) in [5.74, 6) is 0.0206. The molecule has 17 heavy (non-hydrogen) atoms. The van der Waals surface area contributed by atoms with E-state index in [1.807, 2.05) is 24.0 Å². The van der Waals surface area contributed by atoms with Crippen LogP contribution in [0, 0.1) is 6.92 Å². The zero-order valence-electron chi connectivity index (χ0n) is 10.1. The van der Waals surface area contributed by atoms with E-state index in [0.717, 1.165) is 5.56 Å². The molecule has 0 aliphatic carbocycles. The molecule has 2 N–H and O–H groups in total. The minimum Gasteiger partial charge on any atom is -0.369 e. The van der Waals surface area contributed by atoms with Gasteiger partial charge < -0.3 is 15.4 Å². The van der Waals surface area contributed by atoms with Crippen molar-refractivity contribution in [1.82, 2.24) is 4.90 Å². The Morgan fingerprint density at radius 1 is 1.41 bits per heavy atom. The van der Waals surface area contributed by atoms with Crippen LogP contribution in [0.1, 0.15) is 11.1 Å². The highest BCUT2D eigenvalue weighted by molar-refractivity contribution is 5.78. The quantitative estimate of drug-likeness (QED) is 0.836. The first-order valence-corrected chi connectivity index (χ1v) is 5.83. The summed E-state index contributed by atoms with van der Waals surface area (Å²) in [6, 6.07) is 8.20. The summed E-state index contributed by atoms with van der Waals surface area (Å²) in [4.78, 5) is 13.6. The van der Waals surface area contributed by atoms with E-state index < -0.39 is 0 Å². The Hall–Kier alpha value is -1.39. The molecule has 0 spiro atoms. The monoisotopic (exact) mass is 234 g/mol.